The van der Waals surface area contributed by atoms with E-state index in [0.717, 1.165) is 18.9 Å². The number of benzene rings is 1. The average molecular weight is 234 g/mol. The molecule has 15 heavy (non-hydrogen) atoms. The lowest BCUT2D eigenvalue weighted by atomic mass is 10.0. The molecule has 1 aliphatic carbocycles. The highest BCUT2D eigenvalue weighted by Crippen LogP contribution is 2.49. The molecule has 1 aliphatic rings. The van der Waals surface area contributed by atoms with Crippen LogP contribution in [-0.2, 0) is 5.54 Å². The molecule has 0 aromatic heterocycles. The monoisotopic (exact) mass is 233 g/mol. The molecule has 0 radical (unpaired) electrons. The number of rotatable bonds is 2. The Morgan fingerprint density at radius 1 is 1.47 bits per heavy atom. The molecule has 2 rings (SSSR count). The maximum atomic E-state index is 13.1. The molecule has 0 heterocycles. The standard InChI is InChI=1S/C10H10ClF2NO/c1-15-9-5(10(14)2-3-10)4-6(12)8(13)7(9)11/h4H,2-3,14H2,1H3. The Morgan fingerprint density at radius 2 is 2.07 bits per heavy atom. The van der Waals surface area contributed by atoms with Gasteiger partial charge in [-0.1, -0.05) is 11.6 Å². The summed E-state index contributed by atoms with van der Waals surface area (Å²) in [6, 6.07) is 1.06. The van der Waals surface area contributed by atoms with E-state index in [2.05, 4.69) is 0 Å². The van der Waals surface area contributed by atoms with E-state index in [1.807, 2.05) is 0 Å². The predicted molar refractivity (Wildman–Crippen MR) is 53.0 cm³/mol. The highest BCUT2D eigenvalue weighted by Gasteiger charge is 2.43. The van der Waals surface area contributed by atoms with Crippen molar-refractivity contribution < 1.29 is 13.5 Å². The summed E-state index contributed by atoms with van der Waals surface area (Å²) in [7, 11) is 1.35. The molecule has 0 atom stereocenters. The fourth-order valence-corrected chi connectivity index (χ4v) is 1.82. The van der Waals surface area contributed by atoms with E-state index in [1.165, 1.54) is 7.11 Å². The van der Waals surface area contributed by atoms with Crippen molar-refractivity contribution >= 4 is 11.6 Å². The smallest absolute Gasteiger partial charge is 0.181 e. The summed E-state index contributed by atoms with van der Waals surface area (Å²) < 4.78 is 31.2. The van der Waals surface area contributed by atoms with Gasteiger partial charge in [0.1, 0.15) is 10.8 Å². The molecule has 0 aliphatic heterocycles. The second kappa shape index (κ2) is 3.32. The fourth-order valence-electron chi connectivity index (χ4n) is 1.55. The summed E-state index contributed by atoms with van der Waals surface area (Å²) in [6.45, 7) is 0. The molecular weight excluding hydrogens is 224 g/mol. The molecule has 1 saturated carbocycles. The number of hydrogen-bond donors (Lipinski definition) is 1. The molecule has 2 N–H and O–H groups in total. The van der Waals surface area contributed by atoms with E-state index in [-0.39, 0.29) is 10.8 Å². The van der Waals surface area contributed by atoms with Crippen LogP contribution in [0.3, 0.4) is 0 Å². The fraction of sp³-hybridized carbons (Fsp3) is 0.400. The number of halogens is 3. The van der Waals surface area contributed by atoms with Crippen molar-refractivity contribution in [1.29, 1.82) is 0 Å². The molecule has 2 nitrogen and oxygen atoms in total. The molecule has 82 valence electrons. The highest BCUT2D eigenvalue weighted by molar-refractivity contribution is 6.32. The molecule has 0 unspecified atom stereocenters. The third-order valence-electron chi connectivity index (χ3n) is 2.65. The first-order valence-corrected chi connectivity index (χ1v) is 4.88. The lowest BCUT2D eigenvalue weighted by molar-refractivity contribution is 0.395. The summed E-state index contributed by atoms with van der Waals surface area (Å²) in [4.78, 5) is 0. The summed E-state index contributed by atoms with van der Waals surface area (Å²) in [5.41, 5.74) is 5.74. The van der Waals surface area contributed by atoms with Gasteiger partial charge in [-0.05, 0) is 18.9 Å². The second-order valence-electron chi connectivity index (χ2n) is 3.72. The summed E-state index contributed by atoms with van der Waals surface area (Å²) in [5, 5.41) is -0.343. The largest absolute Gasteiger partial charge is 0.495 e. The van der Waals surface area contributed by atoms with Gasteiger partial charge in [0.15, 0.2) is 11.6 Å². The van der Waals surface area contributed by atoms with E-state index in [4.69, 9.17) is 22.1 Å². The third-order valence-corrected chi connectivity index (χ3v) is 2.98. The van der Waals surface area contributed by atoms with Crippen LogP contribution < -0.4 is 10.5 Å². The van der Waals surface area contributed by atoms with Gasteiger partial charge in [-0.15, -0.1) is 0 Å². The summed E-state index contributed by atoms with van der Waals surface area (Å²) in [5.74, 6) is -1.95. The van der Waals surface area contributed by atoms with Crippen molar-refractivity contribution in [2.24, 2.45) is 5.73 Å². The number of hydrogen-bond acceptors (Lipinski definition) is 2. The van der Waals surface area contributed by atoms with Crippen molar-refractivity contribution in [3.05, 3.63) is 28.3 Å². The average Bonchev–Trinajstić information content (AvgIpc) is 2.94. The number of ether oxygens (including phenoxy) is 1. The zero-order valence-corrected chi connectivity index (χ0v) is 8.87. The quantitative estimate of drug-likeness (QED) is 0.797. The molecule has 0 bridgehead atoms. The van der Waals surface area contributed by atoms with Crippen LogP contribution in [0, 0.1) is 11.6 Å². The van der Waals surface area contributed by atoms with Crippen LogP contribution in [-0.4, -0.2) is 7.11 Å². The van der Waals surface area contributed by atoms with E-state index >= 15 is 0 Å². The van der Waals surface area contributed by atoms with Crippen molar-refractivity contribution in [3.63, 3.8) is 0 Å². The van der Waals surface area contributed by atoms with Gasteiger partial charge >= 0.3 is 0 Å². The Kier molecular flexibility index (Phi) is 2.35. The first kappa shape index (κ1) is 10.6. The van der Waals surface area contributed by atoms with Crippen LogP contribution in [0.15, 0.2) is 6.07 Å². The van der Waals surface area contributed by atoms with E-state index in [0.29, 0.717) is 5.56 Å². The summed E-state index contributed by atoms with van der Waals surface area (Å²) >= 11 is 5.64. The lowest BCUT2D eigenvalue weighted by Gasteiger charge is -2.16. The highest BCUT2D eigenvalue weighted by atomic mass is 35.5. The molecule has 0 amide bonds. The third kappa shape index (κ3) is 1.58. The molecule has 1 aromatic carbocycles. The zero-order valence-electron chi connectivity index (χ0n) is 8.11. The molecule has 0 saturated heterocycles. The molecule has 1 aromatic rings. The normalized spacial score (nSPS) is 17.7. The van der Waals surface area contributed by atoms with E-state index in [9.17, 15) is 8.78 Å². The van der Waals surface area contributed by atoms with Crippen molar-refractivity contribution in [2.75, 3.05) is 7.11 Å². The SMILES string of the molecule is COc1c(C2(N)CC2)cc(F)c(F)c1Cl. The van der Waals surface area contributed by atoms with Crippen molar-refractivity contribution in [1.82, 2.24) is 0 Å². The van der Waals surface area contributed by atoms with Gasteiger partial charge in [0, 0.05) is 11.1 Å². The Morgan fingerprint density at radius 3 is 2.53 bits per heavy atom. The second-order valence-corrected chi connectivity index (χ2v) is 4.10. The predicted octanol–water partition coefficient (Wildman–Crippen LogP) is 2.57. The Hall–Kier alpha value is -0.870. The van der Waals surface area contributed by atoms with E-state index < -0.39 is 17.2 Å². The molecule has 0 spiro atoms. The van der Waals surface area contributed by atoms with Gasteiger partial charge in [-0.3, -0.25) is 0 Å². The van der Waals surface area contributed by atoms with Gasteiger partial charge < -0.3 is 10.5 Å². The summed E-state index contributed by atoms with van der Waals surface area (Å²) in [6.07, 6.45) is 1.45. The van der Waals surface area contributed by atoms with Gasteiger partial charge in [-0.25, -0.2) is 8.78 Å². The first-order valence-electron chi connectivity index (χ1n) is 4.50. The zero-order chi connectivity index (χ0) is 11.2. The van der Waals surface area contributed by atoms with Crippen molar-refractivity contribution in [3.8, 4) is 5.75 Å². The Bertz CT molecular complexity index is 418. The van der Waals surface area contributed by atoms with Crippen LogP contribution in [0.25, 0.3) is 0 Å². The Labute approximate surface area is 91.0 Å². The van der Waals surface area contributed by atoms with Gasteiger partial charge in [0.05, 0.1) is 7.11 Å². The van der Waals surface area contributed by atoms with Crippen LogP contribution in [0.5, 0.6) is 5.75 Å². The maximum Gasteiger partial charge on any atom is 0.181 e. The minimum atomic E-state index is -1.10. The van der Waals surface area contributed by atoms with E-state index in [1.54, 1.807) is 0 Å². The lowest BCUT2D eigenvalue weighted by Crippen LogP contribution is -2.20. The number of methoxy groups -OCH3 is 1. The molecule has 5 heteroatoms. The van der Waals surface area contributed by atoms with Gasteiger partial charge in [-0.2, -0.15) is 0 Å². The first-order chi connectivity index (χ1) is 6.99. The van der Waals surface area contributed by atoms with Crippen LogP contribution in [0.4, 0.5) is 8.78 Å². The molecule has 1 fully saturated rings. The van der Waals surface area contributed by atoms with Crippen molar-refractivity contribution in [2.45, 2.75) is 18.4 Å². The Balaban J connectivity index is 2.63. The minimum absolute atomic E-state index is 0.135. The minimum Gasteiger partial charge on any atom is -0.495 e. The van der Waals surface area contributed by atoms with Crippen LogP contribution in [0.1, 0.15) is 18.4 Å². The molecular formula is C10H10ClF2NO. The topological polar surface area (TPSA) is 35.2 Å². The number of nitrogens with two attached hydrogens (primary N) is 1. The van der Waals surface area contributed by atoms with Gasteiger partial charge in [0.25, 0.3) is 0 Å². The van der Waals surface area contributed by atoms with Crippen LogP contribution in [0.2, 0.25) is 5.02 Å². The maximum absolute atomic E-state index is 13.1. The van der Waals surface area contributed by atoms with Gasteiger partial charge in [0.2, 0.25) is 0 Å². The van der Waals surface area contributed by atoms with Crippen LogP contribution >= 0.6 is 11.6 Å².